The maximum atomic E-state index is 13.0. The summed E-state index contributed by atoms with van der Waals surface area (Å²) in [4.78, 5) is 15.0. The zero-order valence-corrected chi connectivity index (χ0v) is 15.1. The van der Waals surface area contributed by atoms with Gasteiger partial charge in [0.15, 0.2) is 0 Å². The molecule has 2 fully saturated rings. The van der Waals surface area contributed by atoms with Crippen LogP contribution >= 0.6 is 0 Å². The normalized spacial score (nSPS) is 25.0. The minimum Gasteiger partial charge on any atom is -0.333 e. The minimum atomic E-state index is -4.27. The van der Waals surface area contributed by atoms with Crippen LogP contribution in [0.4, 0.5) is 13.2 Å². The lowest BCUT2D eigenvalue weighted by Crippen LogP contribution is -2.44. The number of carbonyl (C=O) groups excluding carboxylic acids is 1. The molecule has 1 amide bonds. The fraction of sp³-hybridized carbons (Fsp3) is 0.650. The van der Waals surface area contributed by atoms with Crippen molar-refractivity contribution in [2.45, 2.75) is 69.6 Å². The lowest BCUT2D eigenvalue weighted by Gasteiger charge is -2.37. The van der Waals surface area contributed by atoms with Gasteiger partial charge >= 0.3 is 6.18 Å². The first kappa shape index (κ1) is 19.2. The number of benzene rings is 1. The Labute approximate surface area is 152 Å². The molecule has 3 rings (SSSR count). The van der Waals surface area contributed by atoms with Gasteiger partial charge in [-0.25, -0.2) is 0 Å². The molecule has 0 saturated heterocycles. The van der Waals surface area contributed by atoms with Gasteiger partial charge in [-0.3, -0.25) is 4.79 Å². The van der Waals surface area contributed by atoms with E-state index in [9.17, 15) is 18.0 Å². The highest BCUT2D eigenvalue weighted by Gasteiger charge is 2.40. The molecule has 26 heavy (non-hydrogen) atoms. The number of hydrogen-bond donors (Lipinski definition) is 1. The van der Waals surface area contributed by atoms with E-state index in [2.05, 4.69) is 0 Å². The number of rotatable bonds is 5. The summed E-state index contributed by atoms with van der Waals surface area (Å²) in [6, 6.07) is 6.47. The Kier molecular flexibility index (Phi) is 5.61. The summed E-state index contributed by atoms with van der Waals surface area (Å²) in [6.07, 6.45) is 1.78. The highest BCUT2D eigenvalue weighted by Crippen LogP contribution is 2.37. The second-order valence-electron chi connectivity index (χ2n) is 7.74. The average molecular weight is 368 g/mol. The van der Waals surface area contributed by atoms with Crippen molar-refractivity contribution in [1.29, 1.82) is 0 Å². The van der Waals surface area contributed by atoms with Gasteiger partial charge in [0.25, 0.3) is 5.91 Å². The Morgan fingerprint density at radius 1 is 1.08 bits per heavy atom. The molecular weight excluding hydrogens is 341 g/mol. The van der Waals surface area contributed by atoms with Gasteiger partial charge in [-0.1, -0.05) is 12.1 Å². The van der Waals surface area contributed by atoms with Gasteiger partial charge in [0, 0.05) is 17.6 Å². The van der Waals surface area contributed by atoms with Crippen molar-refractivity contribution in [3.63, 3.8) is 0 Å². The number of carbonyl (C=O) groups is 1. The summed E-state index contributed by atoms with van der Waals surface area (Å²) < 4.78 is 38.6. The molecule has 3 nitrogen and oxygen atoms in total. The predicted octanol–water partition coefficient (Wildman–Crippen LogP) is 4.47. The van der Waals surface area contributed by atoms with E-state index >= 15 is 0 Å². The van der Waals surface area contributed by atoms with Crippen LogP contribution in [0, 0.1) is 5.92 Å². The first-order valence-corrected chi connectivity index (χ1v) is 9.50. The molecule has 0 aliphatic heterocycles. The first-order chi connectivity index (χ1) is 12.3. The van der Waals surface area contributed by atoms with Crippen molar-refractivity contribution in [3.8, 4) is 0 Å². The molecule has 0 radical (unpaired) electrons. The number of halogens is 3. The topological polar surface area (TPSA) is 46.3 Å². The third kappa shape index (κ3) is 4.22. The fourth-order valence-electron chi connectivity index (χ4n) is 3.89. The van der Waals surface area contributed by atoms with Gasteiger partial charge in [0.05, 0.1) is 5.92 Å². The average Bonchev–Trinajstić information content (AvgIpc) is 3.46. The highest BCUT2D eigenvalue weighted by molar-refractivity contribution is 5.95. The molecule has 1 aromatic carbocycles. The number of hydrogen-bond acceptors (Lipinski definition) is 2. The Morgan fingerprint density at radius 2 is 1.58 bits per heavy atom. The highest BCUT2D eigenvalue weighted by atomic mass is 19.4. The molecule has 0 spiro atoms. The molecule has 2 N–H and O–H groups in total. The number of alkyl halides is 3. The second kappa shape index (κ2) is 7.59. The SMILES string of the molecule is C[C@H](c1ccc(C(=O)N(C2CCC(CN)CC2)C2CC2)cc1)C(F)(F)F. The van der Waals surface area contributed by atoms with Crippen molar-refractivity contribution < 1.29 is 18.0 Å². The van der Waals surface area contributed by atoms with E-state index < -0.39 is 12.1 Å². The maximum absolute atomic E-state index is 13.0. The van der Waals surface area contributed by atoms with Crippen LogP contribution in [0.5, 0.6) is 0 Å². The molecule has 0 aromatic heterocycles. The summed E-state index contributed by atoms with van der Waals surface area (Å²) in [5.74, 6) is -1.03. The Bertz CT molecular complexity index is 617. The van der Waals surface area contributed by atoms with Gasteiger partial charge in [-0.05, 0) is 75.6 Å². The number of nitrogens with zero attached hydrogens (tertiary/aromatic N) is 1. The van der Waals surface area contributed by atoms with E-state index in [0.29, 0.717) is 18.0 Å². The lowest BCUT2D eigenvalue weighted by molar-refractivity contribution is -0.146. The van der Waals surface area contributed by atoms with Crippen LogP contribution in [0.3, 0.4) is 0 Å². The summed E-state index contributed by atoms with van der Waals surface area (Å²) in [5.41, 5.74) is 6.43. The molecule has 2 aliphatic carbocycles. The fourth-order valence-corrected chi connectivity index (χ4v) is 3.89. The summed E-state index contributed by atoms with van der Waals surface area (Å²) in [6.45, 7) is 1.84. The summed E-state index contributed by atoms with van der Waals surface area (Å²) >= 11 is 0. The second-order valence-corrected chi connectivity index (χ2v) is 7.74. The first-order valence-electron chi connectivity index (χ1n) is 9.50. The smallest absolute Gasteiger partial charge is 0.333 e. The zero-order chi connectivity index (χ0) is 18.9. The van der Waals surface area contributed by atoms with Crippen LogP contribution in [-0.2, 0) is 0 Å². The van der Waals surface area contributed by atoms with Gasteiger partial charge in [-0.2, -0.15) is 13.2 Å². The zero-order valence-electron chi connectivity index (χ0n) is 15.1. The quantitative estimate of drug-likeness (QED) is 0.833. The number of nitrogens with two attached hydrogens (primary N) is 1. The van der Waals surface area contributed by atoms with Crippen molar-refractivity contribution in [2.24, 2.45) is 11.7 Å². The van der Waals surface area contributed by atoms with E-state index in [1.54, 1.807) is 12.1 Å². The minimum absolute atomic E-state index is 0.0464. The van der Waals surface area contributed by atoms with Gasteiger partial charge in [0.1, 0.15) is 0 Å². The van der Waals surface area contributed by atoms with Crippen LogP contribution < -0.4 is 5.73 Å². The van der Waals surface area contributed by atoms with Crippen LogP contribution in [-0.4, -0.2) is 35.6 Å². The largest absolute Gasteiger partial charge is 0.395 e. The van der Waals surface area contributed by atoms with E-state index in [0.717, 1.165) is 45.4 Å². The van der Waals surface area contributed by atoms with E-state index in [4.69, 9.17) is 5.73 Å². The van der Waals surface area contributed by atoms with Gasteiger partial charge in [-0.15, -0.1) is 0 Å². The van der Waals surface area contributed by atoms with Gasteiger partial charge < -0.3 is 10.6 Å². The van der Waals surface area contributed by atoms with Crippen molar-refractivity contribution >= 4 is 5.91 Å². The van der Waals surface area contributed by atoms with Crippen molar-refractivity contribution in [3.05, 3.63) is 35.4 Å². The molecule has 2 aliphatic rings. The van der Waals surface area contributed by atoms with Crippen molar-refractivity contribution in [2.75, 3.05) is 6.54 Å². The van der Waals surface area contributed by atoms with Crippen LogP contribution in [0.25, 0.3) is 0 Å². The van der Waals surface area contributed by atoms with Crippen LogP contribution in [0.15, 0.2) is 24.3 Å². The Hall–Kier alpha value is -1.56. The monoisotopic (exact) mass is 368 g/mol. The van der Waals surface area contributed by atoms with Gasteiger partial charge in [0.2, 0.25) is 0 Å². The summed E-state index contributed by atoms with van der Waals surface area (Å²) in [5, 5.41) is 0. The summed E-state index contributed by atoms with van der Waals surface area (Å²) in [7, 11) is 0. The Balaban J connectivity index is 1.72. The standard InChI is InChI=1S/C20H27F3N2O/c1-13(20(21,22)23)15-4-6-16(7-5-15)19(26)25(18-10-11-18)17-8-2-14(12-24)3-9-17/h4-7,13-14,17-18H,2-3,8-12,24H2,1H3/t13-,14?,17?/m1/s1. The molecule has 6 heteroatoms. The third-order valence-corrected chi connectivity index (χ3v) is 5.87. The molecule has 2 saturated carbocycles. The molecule has 144 valence electrons. The number of amides is 1. The molecular formula is C20H27F3N2O. The molecule has 0 bridgehead atoms. The molecule has 0 heterocycles. The van der Waals surface area contributed by atoms with E-state index in [-0.39, 0.29) is 23.6 Å². The van der Waals surface area contributed by atoms with E-state index in [1.807, 2.05) is 4.90 Å². The molecule has 1 aromatic rings. The lowest BCUT2D eigenvalue weighted by atomic mass is 9.85. The van der Waals surface area contributed by atoms with E-state index in [1.165, 1.54) is 12.1 Å². The molecule has 0 unspecified atom stereocenters. The predicted molar refractivity (Wildman–Crippen MR) is 94.9 cm³/mol. The van der Waals surface area contributed by atoms with Crippen LogP contribution in [0.1, 0.15) is 67.3 Å². The molecule has 1 atom stereocenters. The van der Waals surface area contributed by atoms with Crippen LogP contribution in [0.2, 0.25) is 0 Å². The van der Waals surface area contributed by atoms with Crippen molar-refractivity contribution in [1.82, 2.24) is 4.90 Å². The maximum Gasteiger partial charge on any atom is 0.395 e. The Morgan fingerprint density at radius 3 is 2.00 bits per heavy atom. The third-order valence-electron chi connectivity index (χ3n) is 5.87.